The lowest BCUT2D eigenvalue weighted by molar-refractivity contribution is 0.0521. The van der Waals surface area contributed by atoms with Crippen molar-refractivity contribution in [3.05, 3.63) is 47.5 Å². The summed E-state index contributed by atoms with van der Waals surface area (Å²) in [6.45, 7) is 3.55. The highest BCUT2D eigenvalue weighted by Crippen LogP contribution is 2.22. The number of nitrogens with one attached hydrogen (secondary N) is 1. The molecule has 2 aromatic heterocycles. The summed E-state index contributed by atoms with van der Waals surface area (Å²) in [7, 11) is 0. The molecule has 0 aliphatic rings. The molecule has 0 aliphatic carbocycles. The van der Waals surface area contributed by atoms with Crippen molar-refractivity contribution in [2.45, 2.75) is 20.3 Å². The van der Waals surface area contributed by atoms with E-state index >= 15 is 0 Å². The van der Waals surface area contributed by atoms with Gasteiger partial charge in [-0.25, -0.2) is 14.2 Å². The number of fused-ring (bicyclic) bond motifs is 1. The van der Waals surface area contributed by atoms with Crippen LogP contribution in [0.5, 0.6) is 0 Å². The van der Waals surface area contributed by atoms with Gasteiger partial charge in [-0.15, -0.1) is 0 Å². The van der Waals surface area contributed by atoms with E-state index in [4.69, 9.17) is 9.15 Å². The van der Waals surface area contributed by atoms with E-state index in [1.54, 1.807) is 13.8 Å². The van der Waals surface area contributed by atoms with E-state index in [1.807, 2.05) is 0 Å². The molecule has 26 heavy (non-hydrogen) atoms. The normalized spacial score (nSPS) is 10.7. The Morgan fingerprint density at radius 1 is 1.19 bits per heavy atom. The number of halogens is 1. The minimum atomic E-state index is -0.806. The van der Waals surface area contributed by atoms with E-state index < -0.39 is 17.7 Å². The molecule has 0 fully saturated rings. The van der Waals surface area contributed by atoms with Crippen LogP contribution in [0.1, 0.15) is 40.6 Å². The first-order valence-corrected chi connectivity index (χ1v) is 7.91. The van der Waals surface area contributed by atoms with Gasteiger partial charge in [0.15, 0.2) is 5.89 Å². The van der Waals surface area contributed by atoms with Crippen LogP contribution in [0.4, 0.5) is 10.3 Å². The number of oxazole rings is 1. The maximum atomic E-state index is 14.3. The SMILES string of the molecule is CCOC(=O)c1nc(CC)oc1NC(=O)c1cc2nccnc2cc1F. The zero-order valence-corrected chi connectivity index (χ0v) is 14.1. The van der Waals surface area contributed by atoms with Gasteiger partial charge in [-0.3, -0.25) is 20.1 Å². The molecule has 0 radical (unpaired) electrons. The standard InChI is InChI=1S/C17H15FN4O4/c1-3-13-21-14(17(24)25-4-2)16(26-13)22-15(23)9-7-11-12(8-10(9)18)20-6-5-19-11/h5-8H,3-4H2,1-2H3,(H,22,23). The first-order chi connectivity index (χ1) is 12.5. The van der Waals surface area contributed by atoms with E-state index in [-0.39, 0.29) is 29.6 Å². The summed E-state index contributed by atoms with van der Waals surface area (Å²) in [4.78, 5) is 36.4. The van der Waals surface area contributed by atoms with E-state index in [0.717, 1.165) is 6.07 Å². The van der Waals surface area contributed by atoms with Crippen LogP contribution in [-0.4, -0.2) is 33.4 Å². The van der Waals surface area contributed by atoms with Crippen LogP contribution in [0.15, 0.2) is 28.9 Å². The molecule has 9 heteroatoms. The Bertz CT molecular complexity index is 986. The summed E-state index contributed by atoms with van der Waals surface area (Å²) < 4.78 is 24.5. The summed E-state index contributed by atoms with van der Waals surface area (Å²) in [6, 6.07) is 2.38. The van der Waals surface area contributed by atoms with Gasteiger partial charge in [-0.05, 0) is 13.0 Å². The Labute approximate surface area is 147 Å². The minimum absolute atomic E-state index is 0.137. The van der Waals surface area contributed by atoms with Gasteiger partial charge in [0.05, 0.1) is 23.2 Å². The van der Waals surface area contributed by atoms with Crippen molar-refractivity contribution in [2.24, 2.45) is 0 Å². The zero-order chi connectivity index (χ0) is 18.7. The molecular formula is C17H15FN4O4. The minimum Gasteiger partial charge on any atom is -0.461 e. The summed E-state index contributed by atoms with van der Waals surface area (Å²) in [5.74, 6) is -2.27. The van der Waals surface area contributed by atoms with Gasteiger partial charge >= 0.3 is 5.97 Å². The van der Waals surface area contributed by atoms with Crippen LogP contribution in [-0.2, 0) is 11.2 Å². The van der Waals surface area contributed by atoms with Gasteiger partial charge in [0, 0.05) is 24.9 Å². The van der Waals surface area contributed by atoms with E-state index in [1.165, 1.54) is 18.5 Å². The molecule has 134 valence electrons. The summed E-state index contributed by atoms with van der Waals surface area (Å²) >= 11 is 0. The molecule has 3 aromatic rings. The molecule has 8 nitrogen and oxygen atoms in total. The second-order valence-corrected chi connectivity index (χ2v) is 5.19. The van der Waals surface area contributed by atoms with Crippen molar-refractivity contribution in [1.29, 1.82) is 0 Å². The lowest BCUT2D eigenvalue weighted by Gasteiger charge is -2.06. The molecule has 0 saturated heterocycles. The van der Waals surface area contributed by atoms with Gasteiger partial charge in [0.1, 0.15) is 5.82 Å². The molecule has 0 atom stereocenters. The number of nitrogens with zero attached hydrogens (tertiary/aromatic N) is 3. The topological polar surface area (TPSA) is 107 Å². The molecule has 1 N–H and O–H groups in total. The third-order valence-corrected chi connectivity index (χ3v) is 3.47. The summed E-state index contributed by atoms with van der Waals surface area (Å²) in [5, 5.41) is 2.37. The average Bonchev–Trinajstić information content (AvgIpc) is 3.04. The molecule has 3 rings (SSSR count). The van der Waals surface area contributed by atoms with Crippen LogP contribution < -0.4 is 5.32 Å². The van der Waals surface area contributed by atoms with E-state index in [9.17, 15) is 14.0 Å². The molecular weight excluding hydrogens is 343 g/mol. The van der Waals surface area contributed by atoms with Crippen LogP contribution in [0.2, 0.25) is 0 Å². The number of hydrogen-bond donors (Lipinski definition) is 1. The highest BCUT2D eigenvalue weighted by Gasteiger charge is 2.24. The van der Waals surface area contributed by atoms with E-state index in [0.29, 0.717) is 17.5 Å². The van der Waals surface area contributed by atoms with Gasteiger partial charge in [-0.2, -0.15) is 0 Å². The van der Waals surface area contributed by atoms with Crippen molar-refractivity contribution in [1.82, 2.24) is 15.0 Å². The lowest BCUT2D eigenvalue weighted by Crippen LogP contribution is -2.16. The highest BCUT2D eigenvalue weighted by molar-refractivity contribution is 6.07. The number of anilines is 1. The number of esters is 1. The van der Waals surface area contributed by atoms with Gasteiger partial charge in [0.25, 0.3) is 5.91 Å². The van der Waals surface area contributed by atoms with Gasteiger partial charge in [0.2, 0.25) is 11.6 Å². The van der Waals surface area contributed by atoms with Gasteiger partial charge in [-0.1, -0.05) is 6.92 Å². The van der Waals surface area contributed by atoms with Crippen LogP contribution >= 0.6 is 0 Å². The van der Waals surface area contributed by atoms with Crippen molar-refractivity contribution < 1.29 is 23.1 Å². The second kappa shape index (κ2) is 7.26. The van der Waals surface area contributed by atoms with Crippen LogP contribution in [0, 0.1) is 5.82 Å². The molecule has 0 bridgehead atoms. The molecule has 0 unspecified atom stereocenters. The van der Waals surface area contributed by atoms with Crippen LogP contribution in [0.25, 0.3) is 11.0 Å². The third kappa shape index (κ3) is 3.37. The summed E-state index contributed by atoms with van der Waals surface area (Å²) in [5.41, 5.74) is 0.249. The molecule has 1 amide bonds. The fourth-order valence-corrected chi connectivity index (χ4v) is 2.27. The quantitative estimate of drug-likeness (QED) is 0.699. The second-order valence-electron chi connectivity index (χ2n) is 5.19. The zero-order valence-electron chi connectivity index (χ0n) is 14.1. The number of benzene rings is 1. The van der Waals surface area contributed by atoms with Crippen molar-refractivity contribution >= 4 is 28.8 Å². The van der Waals surface area contributed by atoms with Gasteiger partial charge < -0.3 is 9.15 Å². The molecule has 0 aliphatic heterocycles. The predicted molar refractivity (Wildman–Crippen MR) is 89.3 cm³/mol. The number of rotatable bonds is 5. The Balaban J connectivity index is 1.94. The fraction of sp³-hybridized carbons (Fsp3) is 0.235. The first kappa shape index (κ1) is 17.5. The Morgan fingerprint density at radius 2 is 1.88 bits per heavy atom. The highest BCUT2D eigenvalue weighted by atomic mass is 19.1. The predicted octanol–water partition coefficient (Wildman–Crippen LogP) is 2.75. The first-order valence-electron chi connectivity index (χ1n) is 7.91. The van der Waals surface area contributed by atoms with E-state index in [2.05, 4.69) is 20.3 Å². The maximum Gasteiger partial charge on any atom is 0.362 e. The molecule has 0 spiro atoms. The third-order valence-electron chi connectivity index (χ3n) is 3.47. The smallest absolute Gasteiger partial charge is 0.362 e. The average molecular weight is 358 g/mol. The summed E-state index contributed by atoms with van der Waals surface area (Å²) in [6.07, 6.45) is 3.26. The fourth-order valence-electron chi connectivity index (χ4n) is 2.27. The largest absolute Gasteiger partial charge is 0.461 e. The Hall–Kier alpha value is -3.36. The van der Waals surface area contributed by atoms with Crippen molar-refractivity contribution in [2.75, 3.05) is 11.9 Å². The monoisotopic (exact) mass is 358 g/mol. The number of hydrogen-bond acceptors (Lipinski definition) is 7. The molecule has 2 heterocycles. The van der Waals surface area contributed by atoms with Crippen molar-refractivity contribution in [3.63, 3.8) is 0 Å². The number of carbonyl (C=O) groups is 2. The number of ether oxygens (including phenoxy) is 1. The number of carbonyl (C=O) groups excluding carboxylic acids is 2. The lowest BCUT2D eigenvalue weighted by atomic mass is 10.1. The number of aryl methyl sites for hydroxylation is 1. The van der Waals surface area contributed by atoms with Crippen LogP contribution in [0.3, 0.4) is 0 Å². The number of amides is 1. The number of aromatic nitrogens is 3. The Morgan fingerprint density at radius 3 is 2.54 bits per heavy atom. The molecule has 0 saturated carbocycles. The maximum absolute atomic E-state index is 14.3. The van der Waals surface area contributed by atoms with Crippen molar-refractivity contribution in [3.8, 4) is 0 Å². The Kier molecular flexibility index (Phi) is 4.87. The molecule has 1 aromatic carbocycles.